The summed E-state index contributed by atoms with van der Waals surface area (Å²) in [6.45, 7) is 4.71. The second kappa shape index (κ2) is 8.51. The predicted octanol–water partition coefficient (Wildman–Crippen LogP) is 5.04. The molecule has 5 rings (SSSR count). The van der Waals surface area contributed by atoms with Crippen LogP contribution in [0, 0.1) is 6.92 Å². The summed E-state index contributed by atoms with van der Waals surface area (Å²) < 4.78 is 11.5. The number of likely N-dealkylation sites (tertiary alicyclic amines) is 1. The zero-order chi connectivity index (χ0) is 22.1. The number of amides is 1. The normalized spacial score (nSPS) is 14.7. The molecular formula is C23H21N5O3S. The van der Waals surface area contributed by atoms with E-state index in [4.69, 9.17) is 9.26 Å². The molecule has 2 aromatic carbocycles. The van der Waals surface area contributed by atoms with Gasteiger partial charge in [-0.2, -0.15) is 4.98 Å². The lowest BCUT2D eigenvalue weighted by molar-refractivity contribution is -0.129. The molecule has 8 nitrogen and oxygen atoms in total. The highest BCUT2D eigenvalue weighted by atomic mass is 32.1. The standard InChI is InChI=1S/C23H21N5O3S/c1-14(28-11-3-4-21(28)29)19-10-7-17(22-24-13-25-31-22)12-20(19)30-18-8-5-16(6-9-18)23-27-26-15(2)32-23/h5-10,12-14H,3-4,11H2,1-2H3/t14-/m0/s1. The minimum Gasteiger partial charge on any atom is -0.457 e. The van der Waals surface area contributed by atoms with Crippen molar-refractivity contribution in [3.63, 3.8) is 0 Å². The minimum atomic E-state index is -0.111. The molecule has 0 unspecified atom stereocenters. The van der Waals surface area contributed by atoms with Gasteiger partial charge in [-0.25, -0.2) is 0 Å². The van der Waals surface area contributed by atoms with Crippen LogP contribution >= 0.6 is 11.3 Å². The Hall–Kier alpha value is -3.59. The molecule has 1 atom stereocenters. The maximum Gasteiger partial charge on any atom is 0.257 e. The van der Waals surface area contributed by atoms with Crippen LogP contribution in [0.4, 0.5) is 0 Å². The van der Waals surface area contributed by atoms with E-state index in [1.807, 2.05) is 61.2 Å². The van der Waals surface area contributed by atoms with Crippen LogP contribution in [0.2, 0.25) is 0 Å². The number of ether oxygens (including phenoxy) is 1. The fraction of sp³-hybridized carbons (Fsp3) is 0.261. The molecule has 0 aliphatic carbocycles. The average Bonchev–Trinajstić information content (AvgIpc) is 3.56. The first-order chi connectivity index (χ1) is 15.6. The van der Waals surface area contributed by atoms with Crippen molar-refractivity contribution in [1.82, 2.24) is 25.2 Å². The number of hydrogen-bond donors (Lipinski definition) is 0. The Morgan fingerprint density at radius 1 is 1.12 bits per heavy atom. The molecule has 1 amide bonds. The first kappa shape index (κ1) is 20.3. The number of rotatable bonds is 6. The highest BCUT2D eigenvalue weighted by Crippen LogP contribution is 2.37. The number of aromatic nitrogens is 4. The fourth-order valence-corrected chi connectivity index (χ4v) is 4.55. The van der Waals surface area contributed by atoms with Crippen molar-refractivity contribution in [2.45, 2.75) is 32.7 Å². The van der Waals surface area contributed by atoms with E-state index in [2.05, 4.69) is 20.3 Å². The van der Waals surface area contributed by atoms with E-state index in [0.717, 1.165) is 39.7 Å². The number of carbonyl (C=O) groups excluding carboxylic acids is 1. The van der Waals surface area contributed by atoms with E-state index in [1.165, 1.54) is 6.33 Å². The van der Waals surface area contributed by atoms with Crippen molar-refractivity contribution in [3.05, 3.63) is 59.4 Å². The van der Waals surface area contributed by atoms with Gasteiger partial charge in [0, 0.05) is 29.7 Å². The topological polar surface area (TPSA) is 94.2 Å². The second-order valence-electron chi connectivity index (χ2n) is 7.62. The molecule has 3 heterocycles. The minimum absolute atomic E-state index is 0.111. The summed E-state index contributed by atoms with van der Waals surface area (Å²) in [5.41, 5.74) is 2.66. The molecule has 0 radical (unpaired) electrons. The second-order valence-corrected chi connectivity index (χ2v) is 8.80. The maximum atomic E-state index is 12.3. The number of aryl methyl sites for hydroxylation is 1. The van der Waals surface area contributed by atoms with Crippen LogP contribution in [-0.2, 0) is 4.79 Å². The molecule has 1 saturated heterocycles. The molecule has 1 aliphatic heterocycles. The van der Waals surface area contributed by atoms with Crippen molar-refractivity contribution < 1.29 is 14.1 Å². The van der Waals surface area contributed by atoms with Gasteiger partial charge in [0.05, 0.1) is 6.04 Å². The Bertz CT molecular complexity index is 1240. The van der Waals surface area contributed by atoms with Gasteiger partial charge in [-0.3, -0.25) is 4.79 Å². The zero-order valence-corrected chi connectivity index (χ0v) is 18.5. The Morgan fingerprint density at radius 3 is 2.59 bits per heavy atom. The van der Waals surface area contributed by atoms with Crippen molar-refractivity contribution in [3.8, 4) is 33.5 Å². The van der Waals surface area contributed by atoms with Crippen LogP contribution in [-0.4, -0.2) is 37.7 Å². The molecule has 4 aromatic rings. The van der Waals surface area contributed by atoms with Crippen molar-refractivity contribution in [2.24, 2.45) is 0 Å². The third-order valence-electron chi connectivity index (χ3n) is 5.50. The van der Waals surface area contributed by atoms with Crippen molar-refractivity contribution in [2.75, 3.05) is 6.54 Å². The average molecular weight is 448 g/mol. The van der Waals surface area contributed by atoms with E-state index < -0.39 is 0 Å². The van der Waals surface area contributed by atoms with Crippen LogP contribution < -0.4 is 4.74 Å². The summed E-state index contributed by atoms with van der Waals surface area (Å²) in [6, 6.07) is 13.4. The van der Waals surface area contributed by atoms with E-state index >= 15 is 0 Å². The van der Waals surface area contributed by atoms with Crippen LogP contribution in [0.3, 0.4) is 0 Å². The Labute approximate surface area is 188 Å². The lowest BCUT2D eigenvalue weighted by atomic mass is 10.0. The monoisotopic (exact) mass is 447 g/mol. The number of carbonyl (C=O) groups is 1. The highest BCUT2D eigenvalue weighted by molar-refractivity contribution is 7.14. The lowest BCUT2D eigenvalue weighted by Crippen LogP contribution is -2.28. The Kier molecular flexibility index (Phi) is 5.40. The summed E-state index contributed by atoms with van der Waals surface area (Å²) >= 11 is 1.55. The largest absolute Gasteiger partial charge is 0.457 e. The number of hydrogen-bond acceptors (Lipinski definition) is 8. The lowest BCUT2D eigenvalue weighted by Gasteiger charge is -2.26. The van der Waals surface area contributed by atoms with Gasteiger partial charge in [0.1, 0.15) is 21.5 Å². The predicted molar refractivity (Wildman–Crippen MR) is 119 cm³/mol. The maximum absolute atomic E-state index is 12.3. The number of nitrogens with zero attached hydrogens (tertiary/aromatic N) is 5. The van der Waals surface area contributed by atoms with Gasteiger partial charge in [-0.15, -0.1) is 10.2 Å². The molecule has 0 bridgehead atoms. The van der Waals surface area contributed by atoms with Crippen molar-refractivity contribution in [1.29, 1.82) is 0 Å². The first-order valence-corrected chi connectivity index (χ1v) is 11.2. The molecule has 32 heavy (non-hydrogen) atoms. The Morgan fingerprint density at radius 2 is 1.94 bits per heavy atom. The Balaban J connectivity index is 1.47. The van der Waals surface area contributed by atoms with E-state index in [-0.39, 0.29) is 11.9 Å². The fourth-order valence-electron chi connectivity index (χ4n) is 3.85. The molecule has 0 spiro atoms. The van der Waals surface area contributed by atoms with E-state index in [0.29, 0.717) is 23.8 Å². The molecule has 0 N–H and O–H groups in total. The van der Waals surface area contributed by atoms with Crippen LogP contribution in [0.25, 0.3) is 22.0 Å². The van der Waals surface area contributed by atoms with Crippen molar-refractivity contribution >= 4 is 17.2 Å². The summed E-state index contributed by atoms with van der Waals surface area (Å²) in [4.78, 5) is 18.4. The number of benzene rings is 2. The van der Waals surface area contributed by atoms with Gasteiger partial charge < -0.3 is 14.2 Å². The first-order valence-electron chi connectivity index (χ1n) is 10.4. The zero-order valence-electron chi connectivity index (χ0n) is 17.7. The summed E-state index contributed by atoms with van der Waals surface area (Å²) in [5.74, 6) is 1.90. The SMILES string of the molecule is Cc1nnc(-c2ccc(Oc3cc(-c4ncno4)ccc3[C@H](C)N3CCCC3=O)cc2)s1. The summed E-state index contributed by atoms with van der Waals surface area (Å²) in [6.07, 6.45) is 2.84. The molecule has 2 aromatic heterocycles. The third-order valence-corrected chi connectivity index (χ3v) is 6.39. The third kappa shape index (κ3) is 3.99. The van der Waals surface area contributed by atoms with Gasteiger partial charge in [0.15, 0.2) is 6.33 Å². The van der Waals surface area contributed by atoms with Gasteiger partial charge in [0.2, 0.25) is 5.91 Å². The van der Waals surface area contributed by atoms with Gasteiger partial charge in [0.25, 0.3) is 5.89 Å². The molecule has 1 aliphatic rings. The van der Waals surface area contributed by atoms with Gasteiger partial charge in [-0.1, -0.05) is 22.6 Å². The quantitative estimate of drug-likeness (QED) is 0.409. The summed E-state index contributed by atoms with van der Waals surface area (Å²) in [7, 11) is 0. The molecular weight excluding hydrogens is 426 g/mol. The van der Waals surface area contributed by atoms with E-state index in [9.17, 15) is 4.79 Å². The smallest absolute Gasteiger partial charge is 0.257 e. The van der Waals surface area contributed by atoms with E-state index in [1.54, 1.807) is 11.3 Å². The van der Waals surface area contributed by atoms with Crippen LogP contribution in [0.1, 0.15) is 36.4 Å². The van der Waals surface area contributed by atoms with Gasteiger partial charge >= 0.3 is 0 Å². The molecule has 162 valence electrons. The molecule has 0 saturated carbocycles. The summed E-state index contributed by atoms with van der Waals surface area (Å²) in [5, 5.41) is 13.8. The van der Waals surface area contributed by atoms with Gasteiger partial charge in [-0.05, 0) is 56.7 Å². The van der Waals surface area contributed by atoms with Crippen LogP contribution in [0.5, 0.6) is 11.5 Å². The molecule has 1 fully saturated rings. The highest BCUT2D eigenvalue weighted by Gasteiger charge is 2.28. The molecule has 9 heteroatoms. The van der Waals surface area contributed by atoms with Crippen LogP contribution in [0.15, 0.2) is 53.3 Å².